The van der Waals surface area contributed by atoms with Crippen molar-refractivity contribution in [1.29, 1.82) is 0 Å². The Morgan fingerprint density at radius 3 is 2.80 bits per heavy atom. The number of rotatable bonds is 8. The highest BCUT2D eigenvalue weighted by molar-refractivity contribution is 5.79. The molecule has 0 bridgehead atoms. The van der Waals surface area contributed by atoms with Gasteiger partial charge in [-0.1, -0.05) is 6.07 Å². The molecule has 0 aromatic carbocycles. The number of aromatic nitrogens is 1. The molecule has 0 amide bonds. The molecule has 1 rings (SSSR count). The Kier molecular flexibility index (Phi) is 8.38. The zero-order chi connectivity index (χ0) is 14.6. The number of guanidine groups is 1. The van der Waals surface area contributed by atoms with Crippen molar-refractivity contribution in [1.82, 2.24) is 20.5 Å². The van der Waals surface area contributed by atoms with Gasteiger partial charge in [-0.25, -0.2) is 0 Å². The van der Waals surface area contributed by atoms with Crippen LogP contribution in [-0.4, -0.2) is 56.1 Å². The predicted molar refractivity (Wildman–Crippen MR) is 85.1 cm³/mol. The quantitative estimate of drug-likeness (QED) is 0.425. The number of hydrogen-bond donors (Lipinski definition) is 2. The predicted octanol–water partition coefficient (Wildman–Crippen LogP) is 1.13. The van der Waals surface area contributed by atoms with E-state index in [1.165, 1.54) is 0 Å². The van der Waals surface area contributed by atoms with Crippen LogP contribution in [0.1, 0.15) is 19.0 Å². The number of hydrogen-bond acceptors (Lipinski definition) is 3. The van der Waals surface area contributed by atoms with Crippen molar-refractivity contribution < 1.29 is 0 Å². The summed E-state index contributed by atoms with van der Waals surface area (Å²) >= 11 is 0. The van der Waals surface area contributed by atoms with Crippen molar-refractivity contribution in [2.24, 2.45) is 4.99 Å². The summed E-state index contributed by atoms with van der Waals surface area (Å²) in [4.78, 5) is 11.1. The molecule has 0 aliphatic rings. The SMILES string of the molecule is CCNC(=NCCCN(C)C)NCCc1ccccn1. The molecule has 0 unspecified atom stereocenters. The van der Waals surface area contributed by atoms with E-state index in [0.29, 0.717) is 0 Å². The summed E-state index contributed by atoms with van der Waals surface area (Å²) < 4.78 is 0. The molecule has 0 saturated carbocycles. The van der Waals surface area contributed by atoms with Gasteiger partial charge in [0.2, 0.25) is 0 Å². The van der Waals surface area contributed by atoms with Crippen LogP contribution in [0.2, 0.25) is 0 Å². The normalized spacial score (nSPS) is 11.7. The fourth-order valence-corrected chi connectivity index (χ4v) is 1.77. The second-order valence-electron chi connectivity index (χ2n) is 4.92. The van der Waals surface area contributed by atoms with Gasteiger partial charge in [0.25, 0.3) is 0 Å². The van der Waals surface area contributed by atoms with Gasteiger partial charge in [0.05, 0.1) is 0 Å². The minimum atomic E-state index is 0.844. The van der Waals surface area contributed by atoms with Crippen molar-refractivity contribution in [3.05, 3.63) is 30.1 Å². The van der Waals surface area contributed by atoms with Gasteiger partial charge in [0, 0.05) is 37.9 Å². The lowest BCUT2D eigenvalue weighted by Crippen LogP contribution is -2.38. The first-order chi connectivity index (χ1) is 9.72. The Morgan fingerprint density at radius 2 is 2.15 bits per heavy atom. The molecule has 0 aliphatic heterocycles. The lowest BCUT2D eigenvalue weighted by Gasteiger charge is -2.12. The second kappa shape index (κ2) is 10.2. The highest BCUT2D eigenvalue weighted by Gasteiger charge is 1.98. The highest BCUT2D eigenvalue weighted by Crippen LogP contribution is 1.93. The molecule has 5 nitrogen and oxygen atoms in total. The van der Waals surface area contributed by atoms with Gasteiger partial charge in [0.1, 0.15) is 0 Å². The van der Waals surface area contributed by atoms with E-state index in [2.05, 4.69) is 46.5 Å². The summed E-state index contributed by atoms with van der Waals surface area (Å²) in [7, 11) is 4.17. The summed E-state index contributed by atoms with van der Waals surface area (Å²) in [6.45, 7) is 5.71. The molecule has 0 saturated heterocycles. The van der Waals surface area contributed by atoms with Crippen molar-refractivity contribution >= 4 is 5.96 Å². The largest absolute Gasteiger partial charge is 0.357 e. The molecule has 0 spiro atoms. The lowest BCUT2D eigenvalue weighted by molar-refractivity contribution is 0.403. The average molecular weight is 277 g/mol. The minimum Gasteiger partial charge on any atom is -0.357 e. The van der Waals surface area contributed by atoms with E-state index in [1.807, 2.05) is 24.4 Å². The molecule has 1 heterocycles. The molecule has 112 valence electrons. The molecule has 1 aromatic rings. The first-order valence-corrected chi connectivity index (χ1v) is 7.29. The monoisotopic (exact) mass is 277 g/mol. The van der Waals surface area contributed by atoms with Gasteiger partial charge in [-0.05, 0) is 46.1 Å². The van der Waals surface area contributed by atoms with E-state index in [0.717, 1.165) is 50.7 Å². The first-order valence-electron chi connectivity index (χ1n) is 7.29. The average Bonchev–Trinajstić information content (AvgIpc) is 2.44. The van der Waals surface area contributed by atoms with E-state index in [-0.39, 0.29) is 0 Å². The zero-order valence-electron chi connectivity index (χ0n) is 12.9. The van der Waals surface area contributed by atoms with Gasteiger partial charge >= 0.3 is 0 Å². The fourth-order valence-electron chi connectivity index (χ4n) is 1.77. The molecule has 2 N–H and O–H groups in total. The number of aliphatic imine (C=N–C) groups is 1. The Hall–Kier alpha value is -1.62. The van der Waals surface area contributed by atoms with Gasteiger partial charge < -0.3 is 15.5 Å². The third kappa shape index (κ3) is 7.74. The van der Waals surface area contributed by atoms with Crippen LogP contribution < -0.4 is 10.6 Å². The smallest absolute Gasteiger partial charge is 0.191 e. The van der Waals surface area contributed by atoms with Gasteiger partial charge in [0.15, 0.2) is 5.96 Å². The summed E-state index contributed by atoms with van der Waals surface area (Å²) in [6.07, 6.45) is 3.81. The summed E-state index contributed by atoms with van der Waals surface area (Å²) in [5.74, 6) is 0.891. The van der Waals surface area contributed by atoms with Crippen LogP contribution in [0.25, 0.3) is 0 Å². The molecule has 0 fully saturated rings. The Bertz CT molecular complexity index is 375. The third-order valence-corrected chi connectivity index (χ3v) is 2.78. The molecule has 1 aromatic heterocycles. The minimum absolute atomic E-state index is 0.844. The van der Waals surface area contributed by atoms with Crippen molar-refractivity contribution in [3.63, 3.8) is 0 Å². The Labute approximate surface area is 122 Å². The summed E-state index contributed by atoms with van der Waals surface area (Å²) in [6, 6.07) is 6.00. The topological polar surface area (TPSA) is 52.6 Å². The van der Waals surface area contributed by atoms with Crippen LogP contribution in [0.5, 0.6) is 0 Å². The lowest BCUT2D eigenvalue weighted by atomic mass is 10.3. The molecular formula is C15H27N5. The van der Waals surface area contributed by atoms with Crippen molar-refractivity contribution in [2.45, 2.75) is 19.8 Å². The van der Waals surface area contributed by atoms with E-state index in [9.17, 15) is 0 Å². The fraction of sp³-hybridized carbons (Fsp3) is 0.600. The van der Waals surface area contributed by atoms with Crippen molar-refractivity contribution in [3.8, 4) is 0 Å². The maximum Gasteiger partial charge on any atom is 0.191 e. The second-order valence-corrected chi connectivity index (χ2v) is 4.92. The van der Waals surface area contributed by atoms with Crippen LogP contribution in [0.4, 0.5) is 0 Å². The highest BCUT2D eigenvalue weighted by atomic mass is 15.2. The van der Waals surface area contributed by atoms with E-state index in [1.54, 1.807) is 0 Å². The van der Waals surface area contributed by atoms with Crippen LogP contribution >= 0.6 is 0 Å². The Morgan fingerprint density at radius 1 is 1.30 bits per heavy atom. The molecular weight excluding hydrogens is 250 g/mol. The Balaban J connectivity index is 2.29. The van der Waals surface area contributed by atoms with Crippen LogP contribution in [0.3, 0.4) is 0 Å². The molecule has 0 radical (unpaired) electrons. The van der Waals surface area contributed by atoms with Crippen molar-refractivity contribution in [2.75, 3.05) is 40.3 Å². The van der Waals surface area contributed by atoms with Gasteiger partial charge in [-0.2, -0.15) is 0 Å². The van der Waals surface area contributed by atoms with Crippen LogP contribution in [-0.2, 0) is 6.42 Å². The summed E-state index contributed by atoms with van der Waals surface area (Å²) in [5, 5.41) is 6.60. The maximum absolute atomic E-state index is 4.56. The molecule has 0 aliphatic carbocycles. The molecule has 20 heavy (non-hydrogen) atoms. The summed E-state index contributed by atoms with van der Waals surface area (Å²) in [5.41, 5.74) is 1.10. The van der Waals surface area contributed by atoms with E-state index >= 15 is 0 Å². The van der Waals surface area contributed by atoms with E-state index in [4.69, 9.17) is 0 Å². The van der Waals surface area contributed by atoms with Crippen LogP contribution in [0.15, 0.2) is 29.4 Å². The van der Waals surface area contributed by atoms with Crippen LogP contribution in [0, 0.1) is 0 Å². The van der Waals surface area contributed by atoms with Gasteiger partial charge in [-0.15, -0.1) is 0 Å². The molecule has 5 heteroatoms. The zero-order valence-corrected chi connectivity index (χ0v) is 12.9. The number of nitrogens with zero attached hydrogens (tertiary/aromatic N) is 3. The molecule has 0 atom stereocenters. The number of pyridine rings is 1. The third-order valence-electron chi connectivity index (χ3n) is 2.78. The first kappa shape index (κ1) is 16.4. The maximum atomic E-state index is 4.56. The van der Waals surface area contributed by atoms with E-state index < -0.39 is 0 Å². The number of nitrogens with one attached hydrogen (secondary N) is 2. The van der Waals surface area contributed by atoms with Gasteiger partial charge in [-0.3, -0.25) is 9.98 Å². The standard InChI is InChI=1S/C15H27N5/c1-4-16-15(18-11-7-13-20(2)3)19-12-9-14-8-5-6-10-17-14/h5-6,8,10H,4,7,9,11-13H2,1-3H3,(H2,16,18,19).